The van der Waals surface area contributed by atoms with Crippen molar-refractivity contribution < 1.29 is 14.3 Å². The van der Waals surface area contributed by atoms with Crippen molar-refractivity contribution in [2.45, 2.75) is 45.4 Å². The number of ether oxygens (including phenoxy) is 1. The van der Waals surface area contributed by atoms with E-state index in [0.29, 0.717) is 12.3 Å². The summed E-state index contributed by atoms with van der Waals surface area (Å²) < 4.78 is 5.03. The first-order chi connectivity index (χ1) is 11.6. The molecule has 0 aromatic carbocycles. The maximum atomic E-state index is 12.5. The molecular weight excluding hydrogens is 306 g/mol. The van der Waals surface area contributed by atoms with Crippen LogP contribution in [0.1, 0.15) is 60.5 Å². The van der Waals surface area contributed by atoms with Gasteiger partial charge in [-0.2, -0.15) is 0 Å². The summed E-state index contributed by atoms with van der Waals surface area (Å²) >= 11 is 0. The van der Waals surface area contributed by atoms with Gasteiger partial charge in [-0.3, -0.25) is 4.79 Å². The molecule has 0 spiro atoms. The number of allylic oxidation sites excluding steroid dienone is 2. The molecule has 1 fully saturated rings. The lowest BCUT2D eigenvalue weighted by molar-refractivity contribution is -0.136. The lowest BCUT2D eigenvalue weighted by Gasteiger charge is -2.32. The topological polar surface area (TPSA) is 75.3 Å². The monoisotopic (exact) mass is 331 g/mol. The average molecular weight is 331 g/mol. The van der Waals surface area contributed by atoms with Crippen LogP contribution >= 0.6 is 0 Å². The Balaban J connectivity index is 1.59. The normalized spacial score (nSPS) is 19.0. The van der Waals surface area contributed by atoms with E-state index < -0.39 is 0 Å². The van der Waals surface area contributed by atoms with Gasteiger partial charge in [0.25, 0.3) is 0 Å². The molecule has 1 N–H and O–H groups in total. The third kappa shape index (κ3) is 3.37. The summed E-state index contributed by atoms with van der Waals surface area (Å²) in [5, 5.41) is 0. The number of imidazole rings is 1. The van der Waals surface area contributed by atoms with Crippen LogP contribution in [0.2, 0.25) is 0 Å². The van der Waals surface area contributed by atoms with Crippen LogP contribution in [0.3, 0.4) is 0 Å². The summed E-state index contributed by atoms with van der Waals surface area (Å²) in [6.45, 7) is 5.49. The Hall–Kier alpha value is -2.11. The molecular formula is C18H25N3O3. The molecule has 2 heterocycles. The molecule has 0 bridgehead atoms. The van der Waals surface area contributed by atoms with Gasteiger partial charge in [0.05, 0.1) is 6.61 Å². The summed E-state index contributed by atoms with van der Waals surface area (Å²) in [6, 6.07) is 0. The van der Waals surface area contributed by atoms with E-state index in [2.05, 4.69) is 22.1 Å². The van der Waals surface area contributed by atoms with Crippen LogP contribution < -0.4 is 0 Å². The molecule has 1 saturated heterocycles. The largest absolute Gasteiger partial charge is 0.461 e. The van der Waals surface area contributed by atoms with Gasteiger partial charge in [0.15, 0.2) is 5.69 Å². The summed E-state index contributed by atoms with van der Waals surface area (Å²) in [5.41, 5.74) is 1.13. The number of carbonyl (C=O) groups is 2. The van der Waals surface area contributed by atoms with Crippen LogP contribution in [0, 0.1) is 12.8 Å². The second-order valence-corrected chi connectivity index (χ2v) is 6.56. The number of esters is 1. The number of hydrogen-bond acceptors (Lipinski definition) is 4. The van der Waals surface area contributed by atoms with E-state index >= 15 is 0 Å². The van der Waals surface area contributed by atoms with Crippen molar-refractivity contribution in [3.63, 3.8) is 0 Å². The van der Waals surface area contributed by atoms with Crippen molar-refractivity contribution in [1.29, 1.82) is 0 Å². The van der Waals surface area contributed by atoms with Crippen molar-refractivity contribution in [3.8, 4) is 0 Å². The van der Waals surface area contributed by atoms with Gasteiger partial charge in [-0.25, -0.2) is 9.78 Å². The molecule has 2 aliphatic rings. The number of carbonyl (C=O) groups excluding carboxylic acids is 2. The molecule has 1 amide bonds. The highest BCUT2D eigenvalue weighted by Gasteiger charge is 2.30. The fourth-order valence-electron chi connectivity index (χ4n) is 3.53. The van der Waals surface area contributed by atoms with Crippen LogP contribution in [0.5, 0.6) is 0 Å². The van der Waals surface area contributed by atoms with Crippen molar-refractivity contribution in [3.05, 3.63) is 29.4 Å². The molecule has 3 rings (SSSR count). The fraction of sp³-hybridized carbons (Fsp3) is 0.611. The quantitative estimate of drug-likeness (QED) is 0.679. The Bertz CT molecular complexity index is 634. The van der Waals surface area contributed by atoms with Crippen molar-refractivity contribution >= 4 is 11.9 Å². The second kappa shape index (κ2) is 7.20. The number of aryl methyl sites for hydroxylation is 1. The first-order valence-electron chi connectivity index (χ1n) is 8.77. The van der Waals surface area contributed by atoms with Gasteiger partial charge in [0.2, 0.25) is 5.91 Å². The van der Waals surface area contributed by atoms with Crippen LogP contribution in [0.15, 0.2) is 12.2 Å². The molecule has 1 aliphatic carbocycles. The molecule has 0 radical (unpaired) electrons. The zero-order chi connectivity index (χ0) is 17.1. The number of hydrogen-bond donors (Lipinski definition) is 1. The van der Waals surface area contributed by atoms with Crippen molar-refractivity contribution in [1.82, 2.24) is 14.9 Å². The van der Waals surface area contributed by atoms with Crippen LogP contribution in [-0.4, -0.2) is 46.4 Å². The number of aromatic nitrogens is 2. The number of piperidine rings is 1. The molecule has 1 aromatic heterocycles. The average Bonchev–Trinajstić information content (AvgIpc) is 3.24. The van der Waals surface area contributed by atoms with E-state index in [4.69, 9.17) is 4.74 Å². The standard InChI is InChI=1S/C18H25N3O3/c1-3-24-18(23)15-12(2)19-16(20-15)13-8-10-21(11-9-13)17(22)14-6-4-5-7-14/h4-5,13-14H,3,6-11H2,1-2H3,(H,19,20). The van der Waals surface area contributed by atoms with Crippen molar-refractivity contribution in [2.75, 3.05) is 19.7 Å². The number of nitrogens with one attached hydrogen (secondary N) is 1. The Kier molecular flexibility index (Phi) is 5.02. The number of aromatic amines is 1. The fourth-order valence-corrected chi connectivity index (χ4v) is 3.53. The highest BCUT2D eigenvalue weighted by atomic mass is 16.5. The van der Waals surface area contributed by atoms with Crippen LogP contribution in [-0.2, 0) is 9.53 Å². The zero-order valence-corrected chi connectivity index (χ0v) is 14.4. The van der Waals surface area contributed by atoms with Crippen LogP contribution in [0.25, 0.3) is 0 Å². The molecule has 1 aliphatic heterocycles. The highest BCUT2D eigenvalue weighted by Crippen LogP contribution is 2.29. The SMILES string of the molecule is CCOC(=O)c1nc(C2CCN(C(=O)C3CC=CC3)CC2)[nH]c1C. The minimum Gasteiger partial charge on any atom is -0.461 e. The molecule has 0 unspecified atom stereocenters. The van der Waals surface area contributed by atoms with Gasteiger partial charge >= 0.3 is 5.97 Å². The molecule has 0 atom stereocenters. The lowest BCUT2D eigenvalue weighted by atomic mass is 9.94. The number of nitrogens with zero attached hydrogens (tertiary/aromatic N) is 2. The van der Waals surface area contributed by atoms with E-state index in [0.717, 1.165) is 50.3 Å². The van der Waals surface area contributed by atoms with Gasteiger partial charge in [-0.15, -0.1) is 0 Å². The highest BCUT2D eigenvalue weighted by molar-refractivity contribution is 5.88. The number of H-pyrrole nitrogens is 1. The van der Waals surface area contributed by atoms with E-state index in [1.807, 2.05) is 11.8 Å². The zero-order valence-electron chi connectivity index (χ0n) is 14.4. The minimum absolute atomic E-state index is 0.142. The molecule has 6 nitrogen and oxygen atoms in total. The minimum atomic E-state index is -0.376. The lowest BCUT2D eigenvalue weighted by Crippen LogP contribution is -2.41. The predicted molar refractivity (Wildman–Crippen MR) is 89.7 cm³/mol. The van der Waals surface area contributed by atoms with Gasteiger partial charge in [0.1, 0.15) is 5.82 Å². The Morgan fingerprint density at radius 1 is 1.29 bits per heavy atom. The number of likely N-dealkylation sites (tertiary alicyclic amines) is 1. The maximum absolute atomic E-state index is 12.5. The first kappa shape index (κ1) is 16.7. The first-order valence-corrected chi connectivity index (χ1v) is 8.77. The summed E-state index contributed by atoms with van der Waals surface area (Å²) in [4.78, 5) is 34.0. The van der Waals surface area contributed by atoms with E-state index in [9.17, 15) is 9.59 Å². The molecule has 24 heavy (non-hydrogen) atoms. The van der Waals surface area contributed by atoms with Gasteiger partial charge in [-0.1, -0.05) is 12.2 Å². The maximum Gasteiger partial charge on any atom is 0.358 e. The van der Waals surface area contributed by atoms with Gasteiger partial charge in [-0.05, 0) is 39.5 Å². The molecule has 6 heteroatoms. The third-order valence-corrected chi connectivity index (χ3v) is 4.92. The smallest absolute Gasteiger partial charge is 0.358 e. The predicted octanol–water partition coefficient (Wildman–Crippen LogP) is 2.57. The third-order valence-electron chi connectivity index (χ3n) is 4.92. The summed E-state index contributed by atoms with van der Waals surface area (Å²) in [7, 11) is 0. The second-order valence-electron chi connectivity index (χ2n) is 6.56. The van der Waals surface area contributed by atoms with E-state index in [-0.39, 0.29) is 23.7 Å². The Labute approximate surface area is 142 Å². The Morgan fingerprint density at radius 2 is 1.96 bits per heavy atom. The summed E-state index contributed by atoms with van der Waals surface area (Å²) in [5.74, 6) is 1.14. The number of amides is 1. The molecule has 0 saturated carbocycles. The molecule has 130 valence electrons. The Morgan fingerprint density at radius 3 is 2.58 bits per heavy atom. The van der Waals surface area contributed by atoms with Gasteiger partial charge in [0, 0.05) is 30.6 Å². The molecule has 1 aromatic rings. The van der Waals surface area contributed by atoms with Gasteiger partial charge < -0.3 is 14.6 Å². The van der Waals surface area contributed by atoms with E-state index in [1.54, 1.807) is 6.92 Å². The summed E-state index contributed by atoms with van der Waals surface area (Å²) in [6.07, 6.45) is 7.69. The number of rotatable bonds is 4. The van der Waals surface area contributed by atoms with E-state index in [1.165, 1.54) is 0 Å². The van der Waals surface area contributed by atoms with Crippen molar-refractivity contribution in [2.24, 2.45) is 5.92 Å². The van der Waals surface area contributed by atoms with Crippen LogP contribution in [0.4, 0.5) is 0 Å².